The minimum absolute atomic E-state index is 0.167. The van der Waals surface area contributed by atoms with Crippen LogP contribution < -0.4 is 16.0 Å². The fraction of sp³-hybridized carbons (Fsp3) is 0.500. The number of nitrogens with one attached hydrogen (secondary N) is 3. The van der Waals surface area contributed by atoms with E-state index in [0.29, 0.717) is 17.2 Å². The predicted octanol–water partition coefficient (Wildman–Crippen LogP) is 2.75. The number of anilines is 1. The first-order chi connectivity index (χ1) is 10.1. The summed E-state index contributed by atoms with van der Waals surface area (Å²) in [5, 5.41) is 8.39. The van der Waals surface area contributed by atoms with E-state index in [1.54, 1.807) is 31.3 Å². The van der Waals surface area contributed by atoms with Crippen molar-refractivity contribution in [2.75, 3.05) is 12.4 Å². The molecule has 0 heterocycles. The Bertz CT molecular complexity index is 516. The van der Waals surface area contributed by atoms with Gasteiger partial charge in [-0.25, -0.2) is 4.79 Å². The largest absolute Gasteiger partial charge is 0.355 e. The van der Waals surface area contributed by atoms with Crippen LogP contribution in [0, 0.1) is 5.92 Å². The second-order valence-electron chi connectivity index (χ2n) is 5.63. The molecule has 0 radical (unpaired) electrons. The first-order valence-electron chi connectivity index (χ1n) is 7.50. The Kier molecular flexibility index (Phi) is 5.20. The molecule has 0 aromatic heterocycles. The van der Waals surface area contributed by atoms with Crippen molar-refractivity contribution in [2.45, 2.75) is 38.6 Å². The maximum absolute atomic E-state index is 12.1. The van der Waals surface area contributed by atoms with E-state index in [1.807, 2.05) is 0 Å². The Balaban J connectivity index is 1.94. The molecule has 1 aromatic carbocycles. The molecule has 3 N–H and O–H groups in total. The average molecular weight is 289 g/mol. The molecule has 114 valence electrons. The molecular weight excluding hydrogens is 266 g/mol. The van der Waals surface area contributed by atoms with Crippen molar-refractivity contribution >= 4 is 17.6 Å². The van der Waals surface area contributed by atoms with Crippen LogP contribution in [0.1, 0.15) is 43.0 Å². The zero-order valence-electron chi connectivity index (χ0n) is 12.6. The minimum Gasteiger partial charge on any atom is -0.355 e. The van der Waals surface area contributed by atoms with Gasteiger partial charge in [-0.15, -0.1) is 0 Å². The number of amides is 3. The van der Waals surface area contributed by atoms with E-state index in [-0.39, 0.29) is 18.0 Å². The molecule has 3 amide bonds. The van der Waals surface area contributed by atoms with Gasteiger partial charge in [0.25, 0.3) is 5.91 Å². The van der Waals surface area contributed by atoms with Gasteiger partial charge in [-0.1, -0.05) is 25.8 Å². The SMILES string of the molecule is CNC(=O)c1cccc(NC(=O)N[C@H]2CCCC[C@@H]2C)c1. The molecule has 5 nitrogen and oxygen atoms in total. The molecule has 1 fully saturated rings. The van der Waals surface area contributed by atoms with Crippen LogP contribution in [0.15, 0.2) is 24.3 Å². The smallest absolute Gasteiger partial charge is 0.319 e. The number of carbonyl (C=O) groups is 2. The van der Waals surface area contributed by atoms with Crippen molar-refractivity contribution < 1.29 is 9.59 Å². The van der Waals surface area contributed by atoms with Gasteiger partial charge < -0.3 is 16.0 Å². The molecule has 1 aromatic rings. The average Bonchev–Trinajstić information content (AvgIpc) is 2.49. The van der Waals surface area contributed by atoms with Crippen LogP contribution in [0.25, 0.3) is 0 Å². The zero-order valence-corrected chi connectivity index (χ0v) is 12.6. The number of carbonyl (C=O) groups excluding carboxylic acids is 2. The van der Waals surface area contributed by atoms with Gasteiger partial charge in [-0.2, -0.15) is 0 Å². The van der Waals surface area contributed by atoms with E-state index >= 15 is 0 Å². The standard InChI is InChI=1S/C16H23N3O2/c1-11-6-3-4-9-14(11)19-16(21)18-13-8-5-7-12(10-13)15(20)17-2/h5,7-8,10-11,14H,3-4,6,9H2,1-2H3,(H,17,20)(H2,18,19,21)/t11-,14-/m0/s1. The summed E-state index contributed by atoms with van der Waals surface area (Å²) in [5.41, 5.74) is 1.15. The van der Waals surface area contributed by atoms with Gasteiger partial charge in [0.1, 0.15) is 0 Å². The van der Waals surface area contributed by atoms with Crippen LogP contribution in [0.4, 0.5) is 10.5 Å². The second kappa shape index (κ2) is 7.11. The van der Waals surface area contributed by atoms with Crippen molar-refractivity contribution in [1.29, 1.82) is 0 Å². The highest BCUT2D eigenvalue weighted by molar-refractivity contribution is 5.96. The highest BCUT2D eigenvalue weighted by atomic mass is 16.2. The summed E-state index contributed by atoms with van der Waals surface area (Å²) in [6.45, 7) is 2.18. The van der Waals surface area contributed by atoms with Gasteiger partial charge in [0.2, 0.25) is 0 Å². The molecule has 1 aliphatic rings. The van der Waals surface area contributed by atoms with Crippen LogP contribution in [0.3, 0.4) is 0 Å². The lowest BCUT2D eigenvalue weighted by molar-refractivity contribution is 0.0963. The zero-order chi connectivity index (χ0) is 15.2. The van der Waals surface area contributed by atoms with Gasteiger partial charge in [-0.3, -0.25) is 4.79 Å². The Morgan fingerprint density at radius 2 is 1.95 bits per heavy atom. The fourth-order valence-corrected chi connectivity index (χ4v) is 2.75. The van der Waals surface area contributed by atoms with Gasteiger partial charge in [0, 0.05) is 24.3 Å². The molecule has 0 spiro atoms. The van der Waals surface area contributed by atoms with Crippen LogP contribution in [-0.4, -0.2) is 25.0 Å². The van der Waals surface area contributed by atoms with Crippen LogP contribution in [0.5, 0.6) is 0 Å². The monoisotopic (exact) mass is 289 g/mol. The molecule has 1 saturated carbocycles. The van der Waals surface area contributed by atoms with E-state index < -0.39 is 0 Å². The van der Waals surface area contributed by atoms with Crippen molar-refractivity contribution in [1.82, 2.24) is 10.6 Å². The number of rotatable bonds is 3. The fourth-order valence-electron chi connectivity index (χ4n) is 2.75. The second-order valence-corrected chi connectivity index (χ2v) is 5.63. The normalized spacial score (nSPS) is 21.4. The van der Waals surface area contributed by atoms with Crippen LogP contribution in [-0.2, 0) is 0 Å². The maximum Gasteiger partial charge on any atom is 0.319 e. The van der Waals surface area contributed by atoms with E-state index in [2.05, 4.69) is 22.9 Å². The van der Waals surface area contributed by atoms with Crippen molar-refractivity contribution in [3.63, 3.8) is 0 Å². The molecule has 2 rings (SSSR count). The number of hydrogen-bond donors (Lipinski definition) is 3. The van der Waals surface area contributed by atoms with E-state index in [4.69, 9.17) is 0 Å². The molecule has 2 atom stereocenters. The summed E-state index contributed by atoms with van der Waals surface area (Å²) in [7, 11) is 1.58. The Labute approximate surface area is 125 Å². The first-order valence-corrected chi connectivity index (χ1v) is 7.50. The lowest BCUT2D eigenvalue weighted by Gasteiger charge is -2.29. The predicted molar refractivity (Wildman–Crippen MR) is 83.4 cm³/mol. The molecule has 21 heavy (non-hydrogen) atoms. The topological polar surface area (TPSA) is 70.2 Å². The molecule has 1 aliphatic carbocycles. The van der Waals surface area contributed by atoms with E-state index in [1.165, 1.54) is 12.8 Å². The quantitative estimate of drug-likeness (QED) is 0.800. The highest BCUT2D eigenvalue weighted by Gasteiger charge is 2.22. The summed E-state index contributed by atoms with van der Waals surface area (Å²) < 4.78 is 0. The lowest BCUT2D eigenvalue weighted by Crippen LogP contribution is -2.43. The van der Waals surface area contributed by atoms with Crippen molar-refractivity contribution in [3.05, 3.63) is 29.8 Å². The summed E-state index contributed by atoms with van der Waals surface area (Å²) in [5.74, 6) is 0.349. The van der Waals surface area contributed by atoms with Crippen LogP contribution >= 0.6 is 0 Å². The summed E-state index contributed by atoms with van der Waals surface area (Å²) in [4.78, 5) is 23.6. The number of benzene rings is 1. The molecular formula is C16H23N3O2. The summed E-state index contributed by atoms with van der Waals surface area (Å²) in [6.07, 6.45) is 4.61. The Morgan fingerprint density at radius 1 is 1.19 bits per heavy atom. The van der Waals surface area contributed by atoms with E-state index in [0.717, 1.165) is 12.8 Å². The third-order valence-corrected chi connectivity index (χ3v) is 4.04. The van der Waals surface area contributed by atoms with Gasteiger partial charge in [0.05, 0.1) is 0 Å². The molecule has 0 aliphatic heterocycles. The highest BCUT2D eigenvalue weighted by Crippen LogP contribution is 2.23. The van der Waals surface area contributed by atoms with Crippen molar-refractivity contribution in [2.24, 2.45) is 5.92 Å². The third-order valence-electron chi connectivity index (χ3n) is 4.04. The van der Waals surface area contributed by atoms with Gasteiger partial charge >= 0.3 is 6.03 Å². The maximum atomic E-state index is 12.1. The van der Waals surface area contributed by atoms with Crippen LogP contribution in [0.2, 0.25) is 0 Å². The number of hydrogen-bond acceptors (Lipinski definition) is 2. The Hall–Kier alpha value is -2.04. The first kappa shape index (κ1) is 15.4. The van der Waals surface area contributed by atoms with Gasteiger partial charge in [0.15, 0.2) is 0 Å². The van der Waals surface area contributed by atoms with Crippen molar-refractivity contribution in [3.8, 4) is 0 Å². The number of urea groups is 1. The molecule has 5 heteroatoms. The van der Waals surface area contributed by atoms with Gasteiger partial charge in [-0.05, 0) is 37.0 Å². The lowest BCUT2D eigenvalue weighted by atomic mass is 9.86. The minimum atomic E-state index is -0.206. The summed E-state index contributed by atoms with van der Waals surface area (Å²) in [6, 6.07) is 6.94. The third kappa shape index (κ3) is 4.21. The molecule has 0 unspecified atom stereocenters. The Morgan fingerprint density at radius 3 is 2.67 bits per heavy atom. The molecule has 0 saturated heterocycles. The summed E-state index contributed by atoms with van der Waals surface area (Å²) >= 11 is 0. The molecule has 0 bridgehead atoms. The van der Waals surface area contributed by atoms with E-state index in [9.17, 15) is 9.59 Å².